The third kappa shape index (κ3) is 3.60. The van der Waals surface area contributed by atoms with E-state index in [-0.39, 0.29) is 18.0 Å². The van der Waals surface area contributed by atoms with Crippen LogP contribution >= 0.6 is 0 Å². The van der Waals surface area contributed by atoms with Crippen molar-refractivity contribution in [3.8, 4) is 0 Å². The van der Waals surface area contributed by atoms with E-state index in [9.17, 15) is 9.59 Å². The number of rotatable bonds is 6. The van der Waals surface area contributed by atoms with Crippen molar-refractivity contribution < 1.29 is 19.1 Å². The predicted molar refractivity (Wildman–Crippen MR) is 60.7 cm³/mol. The topological polar surface area (TPSA) is 91.6 Å². The highest BCUT2D eigenvalue weighted by molar-refractivity contribution is 5.88. The van der Waals surface area contributed by atoms with E-state index in [1.807, 2.05) is 6.92 Å². The van der Waals surface area contributed by atoms with Gasteiger partial charge in [0.1, 0.15) is 11.3 Å². The minimum Gasteiger partial charge on any atom is -0.478 e. The van der Waals surface area contributed by atoms with Gasteiger partial charge >= 0.3 is 5.97 Å². The number of amides is 1. The number of aromatic carboxylic acids is 1. The molecule has 0 spiro atoms. The number of furan rings is 1. The van der Waals surface area contributed by atoms with E-state index in [1.54, 1.807) is 6.92 Å². The Morgan fingerprint density at radius 1 is 1.53 bits per heavy atom. The molecule has 0 aliphatic rings. The van der Waals surface area contributed by atoms with E-state index in [1.165, 1.54) is 12.3 Å². The van der Waals surface area contributed by atoms with E-state index < -0.39 is 12.0 Å². The Kier molecular flexibility index (Phi) is 4.71. The van der Waals surface area contributed by atoms with Gasteiger partial charge in [-0.1, -0.05) is 0 Å². The van der Waals surface area contributed by atoms with Crippen molar-refractivity contribution >= 4 is 11.9 Å². The van der Waals surface area contributed by atoms with Gasteiger partial charge in [0.2, 0.25) is 5.91 Å². The van der Waals surface area contributed by atoms with E-state index in [4.69, 9.17) is 9.52 Å². The normalized spacial score (nSPS) is 12.1. The molecular formula is C11H16N2O4. The smallest absolute Gasteiger partial charge is 0.339 e. The molecule has 0 saturated heterocycles. The maximum absolute atomic E-state index is 11.4. The Morgan fingerprint density at radius 2 is 2.24 bits per heavy atom. The predicted octanol–water partition coefficient (Wildman–Crippen LogP) is 0.592. The van der Waals surface area contributed by atoms with Crippen molar-refractivity contribution in [1.82, 2.24) is 10.6 Å². The van der Waals surface area contributed by atoms with Crippen LogP contribution in [0, 0.1) is 0 Å². The summed E-state index contributed by atoms with van der Waals surface area (Å²) in [6.45, 7) is 4.30. The highest BCUT2D eigenvalue weighted by Crippen LogP contribution is 2.10. The van der Waals surface area contributed by atoms with E-state index in [0.717, 1.165) is 0 Å². The number of carboxylic acids is 1. The maximum atomic E-state index is 11.4. The molecule has 1 amide bonds. The standard InChI is InChI=1S/C11H16N2O4/c1-3-12-10(14)7(2)13-6-9-8(11(15)16)4-5-17-9/h4-5,7,13H,3,6H2,1-2H3,(H,12,14)(H,15,16). The lowest BCUT2D eigenvalue weighted by molar-refractivity contribution is -0.122. The third-order valence-electron chi connectivity index (χ3n) is 2.29. The van der Waals surface area contributed by atoms with Gasteiger partial charge in [0.05, 0.1) is 18.8 Å². The first-order chi connectivity index (χ1) is 8.06. The summed E-state index contributed by atoms with van der Waals surface area (Å²) in [5, 5.41) is 14.4. The van der Waals surface area contributed by atoms with Gasteiger partial charge in [0.15, 0.2) is 0 Å². The van der Waals surface area contributed by atoms with Crippen molar-refractivity contribution in [1.29, 1.82) is 0 Å². The van der Waals surface area contributed by atoms with Crippen molar-refractivity contribution in [3.05, 3.63) is 23.7 Å². The number of carboxylic acid groups (broad SMARTS) is 1. The molecule has 17 heavy (non-hydrogen) atoms. The van der Waals surface area contributed by atoms with Crippen LogP contribution in [0.25, 0.3) is 0 Å². The van der Waals surface area contributed by atoms with Gasteiger partial charge in [-0.25, -0.2) is 4.79 Å². The monoisotopic (exact) mass is 240 g/mol. The van der Waals surface area contributed by atoms with Crippen LogP contribution in [0.5, 0.6) is 0 Å². The van der Waals surface area contributed by atoms with Gasteiger partial charge < -0.3 is 14.8 Å². The van der Waals surface area contributed by atoms with Crippen LogP contribution in [0.3, 0.4) is 0 Å². The minimum atomic E-state index is -1.04. The zero-order valence-corrected chi connectivity index (χ0v) is 9.82. The quantitative estimate of drug-likeness (QED) is 0.677. The number of carbonyl (C=O) groups is 2. The second kappa shape index (κ2) is 6.05. The summed E-state index contributed by atoms with van der Waals surface area (Å²) in [5.74, 6) is -0.856. The Hall–Kier alpha value is -1.82. The van der Waals surface area contributed by atoms with Crippen LogP contribution in [-0.2, 0) is 11.3 Å². The van der Waals surface area contributed by atoms with Crippen LogP contribution in [0.1, 0.15) is 30.0 Å². The van der Waals surface area contributed by atoms with Crippen LogP contribution < -0.4 is 10.6 Å². The van der Waals surface area contributed by atoms with Gasteiger partial charge in [0, 0.05) is 6.54 Å². The lowest BCUT2D eigenvalue weighted by Gasteiger charge is -2.12. The lowest BCUT2D eigenvalue weighted by Crippen LogP contribution is -2.41. The first kappa shape index (κ1) is 13.2. The van der Waals surface area contributed by atoms with E-state index >= 15 is 0 Å². The number of likely N-dealkylation sites (N-methyl/N-ethyl adjacent to an activating group) is 1. The van der Waals surface area contributed by atoms with Crippen molar-refractivity contribution in [3.63, 3.8) is 0 Å². The first-order valence-corrected chi connectivity index (χ1v) is 5.37. The van der Waals surface area contributed by atoms with Crippen LogP contribution in [-0.4, -0.2) is 29.6 Å². The van der Waals surface area contributed by atoms with E-state index in [0.29, 0.717) is 12.3 Å². The molecule has 1 aromatic rings. The van der Waals surface area contributed by atoms with Gasteiger partial charge in [0.25, 0.3) is 0 Å². The fourth-order valence-corrected chi connectivity index (χ4v) is 1.33. The van der Waals surface area contributed by atoms with E-state index in [2.05, 4.69) is 10.6 Å². The SMILES string of the molecule is CCNC(=O)C(C)NCc1occc1C(=O)O. The van der Waals surface area contributed by atoms with Crippen molar-refractivity contribution in [2.24, 2.45) is 0 Å². The Balaban J connectivity index is 2.52. The molecule has 1 rings (SSSR count). The van der Waals surface area contributed by atoms with Gasteiger partial charge in [-0.15, -0.1) is 0 Å². The zero-order valence-electron chi connectivity index (χ0n) is 9.82. The zero-order chi connectivity index (χ0) is 12.8. The number of hydrogen-bond acceptors (Lipinski definition) is 4. The summed E-state index contributed by atoms with van der Waals surface area (Å²) < 4.78 is 5.04. The number of nitrogens with one attached hydrogen (secondary N) is 2. The molecule has 94 valence electrons. The molecule has 0 radical (unpaired) electrons. The lowest BCUT2D eigenvalue weighted by atomic mass is 10.2. The Bertz CT molecular complexity index is 400. The largest absolute Gasteiger partial charge is 0.478 e. The highest BCUT2D eigenvalue weighted by Gasteiger charge is 2.16. The Morgan fingerprint density at radius 3 is 2.82 bits per heavy atom. The summed E-state index contributed by atoms with van der Waals surface area (Å²) in [5.41, 5.74) is 0.112. The highest BCUT2D eigenvalue weighted by atomic mass is 16.4. The van der Waals surface area contributed by atoms with Crippen LogP contribution in [0.15, 0.2) is 16.7 Å². The fraction of sp³-hybridized carbons (Fsp3) is 0.455. The maximum Gasteiger partial charge on any atom is 0.339 e. The molecule has 0 saturated carbocycles. The van der Waals surface area contributed by atoms with Gasteiger partial charge in [-0.3, -0.25) is 10.1 Å². The van der Waals surface area contributed by atoms with Crippen LogP contribution in [0.2, 0.25) is 0 Å². The number of carbonyl (C=O) groups excluding carboxylic acids is 1. The van der Waals surface area contributed by atoms with Crippen LogP contribution in [0.4, 0.5) is 0 Å². The van der Waals surface area contributed by atoms with Gasteiger partial charge in [-0.2, -0.15) is 0 Å². The molecule has 0 fully saturated rings. The summed E-state index contributed by atoms with van der Waals surface area (Å²) in [4.78, 5) is 22.2. The molecule has 0 aliphatic carbocycles. The second-order valence-electron chi connectivity index (χ2n) is 3.56. The molecule has 1 heterocycles. The molecule has 1 atom stereocenters. The average molecular weight is 240 g/mol. The molecule has 0 aliphatic heterocycles. The average Bonchev–Trinajstić information content (AvgIpc) is 2.74. The van der Waals surface area contributed by atoms with Crippen molar-refractivity contribution in [2.45, 2.75) is 26.4 Å². The van der Waals surface area contributed by atoms with Crippen molar-refractivity contribution in [2.75, 3.05) is 6.54 Å². The number of hydrogen-bond donors (Lipinski definition) is 3. The first-order valence-electron chi connectivity index (χ1n) is 5.37. The molecule has 6 heteroatoms. The summed E-state index contributed by atoms with van der Waals surface area (Å²) in [7, 11) is 0. The summed E-state index contributed by atoms with van der Waals surface area (Å²) in [6.07, 6.45) is 1.32. The Labute approximate surface area is 99.0 Å². The molecule has 3 N–H and O–H groups in total. The minimum absolute atomic E-state index is 0.112. The second-order valence-corrected chi connectivity index (χ2v) is 3.56. The van der Waals surface area contributed by atoms with Gasteiger partial charge in [-0.05, 0) is 19.9 Å². The molecule has 1 unspecified atom stereocenters. The molecule has 6 nitrogen and oxygen atoms in total. The molecule has 1 aromatic heterocycles. The fourth-order valence-electron chi connectivity index (χ4n) is 1.33. The third-order valence-corrected chi connectivity index (χ3v) is 2.29. The summed E-state index contributed by atoms with van der Waals surface area (Å²) >= 11 is 0. The molecule has 0 bridgehead atoms. The molecular weight excluding hydrogens is 224 g/mol. The summed E-state index contributed by atoms with van der Waals surface area (Å²) in [6, 6.07) is 0.984. The molecule has 0 aromatic carbocycles.